The van der Waals surface area contributed by atoms with Crippen LogP contribution in [0.5, 0.6) is 11.5 Å². The van der Waals surface area contributed by atoms with Gasteiger partial charge in [-0.3, -0.25) is 4.79 Å². The number of amides is 1. The van der Waals surface area contributed by atoms with Crippen LogP contribution in [0.3, 0.4) is 0 Å². The molecule has 1 aliphatic heterocycles. The van der Waals surface area contributed by atoms with Crippen LogP contribution in [0, 0.1) is 0 Å². The summed E-state index contributed by atoms with van der Waals surface area (Å²) in [5.41, 5.74) is 0.883. The Morgan fingerprint density at radius 2 is 2.24 bits per heavy atom. The molecule has 1 aromatic heterocycles. The van der Waals surface area contributed by atoms with Gasteiger partial charge in [0.25, 0.3) is 0 Å². The minimum absolute atomic E-state index is 0.0593. The molecule has 10 heteroatoms. The van der Waals surface area contributed by atoms with Crippen molar-refractivity contribution in [3.8, 4) is 11.5 Å². The summed E-state index contributed by atoms with van der Waals surface area (Å²) < 4.78 is 11.4. The van der Waals surface area contributed by atoms with E-state index in [0.717, 1.165) is 23.6 Å². The summed E-state index contributed by atoms with van der Waals surface area (Å²) in [5, 5.41) is 13.8. The van der Waals surface area contributed by atoms with E-state index in [1.54, 1.807) is 14.2 Å². The maximum absolute atomic E-state index is 12.3. The van der Waals surface area contributed by atoms with Crippen LogP contribution in [0.15, 0.2) is 27.9 Å². The molecule has 2 aromatic rings. The molecule has 0 unspecified atom stereocenters. The number of aromatic carboxylic acids is 1. The van der Waals surface area contributed by atoms with Gasteiger partial charge in [-0.2, -0.15) is 0 Å². The van der Waals surface area contributed by atoms with Crippen LogP contribution in [0.1, 0.15) is 23.3 Å². The molecule has 1 amide bonds. The molecule has 1 saturated heterocycles. The van der Waals surface area contributed by atoms with Crippen molar-refractivity contribution >= 4 is 40.7 Å². The van der Waals surface area contributed by atoms with Gasteiger partial charge in [0, 0.05) is 42.8 Å². The standard InChI is InChI=1S/C19H23N3O5S2/c1-26-13-4-5-16(27-2)14(9-13)20-10-12-3-6-17(23)22(12)7-8-28-19-21-15(11-29-19)18(24)25/h4-5,9,11-12,20H,3,6-8,10H2,1-2H3,(H,24,25)/t12-/m1/s1. The molecule has 0 radical (unpaired) electrons. The quantitative estimate of drug-likeness (QED) is 0.547. The van der Waals surface area contributed by atoms with E-state index in [4.69, 9.17) is 14.6 Å². The Balaban J connectivity index is 1.55. The molecule has 2 N–H and O–H groups in total. The van der Waals surface area contributed by atoms with E-state index in [1.807, 2.05) is 23.1 Å². The number of hydrogen-bond acceptors (Lipinski definition) is 8. The largest absolute Gasteiger partial charge is 0.497 e. The SMILES string of the molecule is COc1ccc(OC)c(NC[C@H]2CCC(=O)N2CCSc2nc(C(=O)O)cs2)c1. The highest BCUT2D eigenvalue weighted by molar-refractivity contribution is 8.01. The Hall–Kier alpha value is -2.46. The van der Waals surface area contributed by atoms with Gasteiger partial charge in [0.2, 0.25) is 5.91 Å². The van der Waals surface area contributed by atoms with E-state index in [2.05, 4.69) is 10.3 Å². The number of aromatic nitrogens is 1. The Morgan fingerprint density at radius 1 is 1.41 bits per heavy atom. The number of thiazole rings is 1. The highest BCUT2D eigenvalue weighted by Crippen LogP contribution is 2.30. The molecule has 1 aliphatic rings. The molecule has 8 nitrogen and oxygen atoms in total. The van der Waals surface area contributed by atoms with E-state index >= 15 is 0 Å². The summed E-state index contributed by atoms with van der Waals surface area (Å²) in [6.45, 7) is 1.20. The predicted octanol–water partition coefficient (Wildman–Crippen LogP) is 3.05. The van der Waals surface area contributed by atoms with Gasteiger partial charge in [0.1, 0.15) is 11.5 Å². The number of nitrogens with one attached hydrogen (secondary N) is 1. The highest BCUT2D eigenvalue weighted by atomic mass is 32.2. The third-order valence-corrected chi connectivity index (χ3v) is 6.65. The van der Waals surface area contributed by atoms with Crippen molar-refractivity contribution in [2.75, 3.05) is 38.4 Å². The average molecular weight is 438 g/mol. The monoisotopic (exact) mass is 437 g/mol. The predicted molar refractivity (Wildman–Crippen MR) is 113 cm³/mol. The first-order chi connectivity index (χ1) is 14.0. The van der Waals surface area contributed by atoms with Crippen LogP contribution in [0.4, 0.5) is 5.69 Å². The first-order valence-corrected chi connectivity index (χ1v) is 11.0. The number of hydrogen-bond donors (Lipinski definition) is 2. The minimum atomic E-state index is -1.03. The van der Waals surface area contributed by atoms with Crippen LogP contribution in [-0.2, 0) is 4.79 Å². The van der Waals surface area contributed by atoms with Crippen molar-refractivity contribution in [3.05, 3.63) is 29.3 Å². The number of anilines is 1. The van der Waals surface area contributed by atoms with E-state index < -0.39 is 5.97 Å². The van der Waals surface area contributed by atoms with Crippen LogP contribution < -0.4 is 14.8 Å². The van der Waals surface area contributed by atoms with Crippen LogP contribution in [0.2, 0.25) is 0 Å². The smallest absolute Gasteiger partial charge is 0.355 e. The second-order valence-corrected chi connectivity index (χ2v) is 8.58. The Bertz CT molecular complexity index is 873. The van der Waals surface area contributed by atoms with Crippen molar-refractivity contribution in [1.29, 1.82) is 0 Å². The summed E-state index contributed by atoms with van der Waals surface area (Å²) in [6, 6.07) is 5.64. The maximum Gasteiger partial charge on any atom is 0.355 e. The van der Waals surface area contributed by atoms with Gasteiger partial charge < -0.3 is 24.8 Å². The number of carbonyl (C=O) groups excluding carboxylic acids is 1. The zero-order valence-electron chi connectivity index (χ0n) is 16.2. The number of benzene rings is 1. The highest BCUT2D eigenvalue weighted by Gasteiger charge is 2.30. The number of ether oxygens (including phenoxy) is 2. The van der Waals surface area contributed by atoms with Gasteiger partial charge in [0.05, 0.1) is 19.9 Å². The molecule has 2 heterocycles. The molecule has 0 bridgehead atoms. The molecule has 3 rings (SSSR count). The number of likely N-dealkylation sites (tertiary alicyclic amines) is 1. The third-order valence-electron chi connectivity index (χ3n) is 4.65. The first kappa shape index (κ1) is 21.3. The Labute approximate surface area is 177 Å². The van der Waals surface area contributed by atoms with Crippen LogP contribution in [-0.4, -0.2) is 66.0 Å². The average Bonchev–Trinajstić information content (AvgIpc) is 3.33. The lowest BCUT2D eigenvalue weighted by atomic mass is 10.2. The fraction of sp³-hybridized carbons (Fsp3) is 0.421. The number of thioether (sulfide) groups is 1. The topological polar surface area (TPSA) is 101 Å². The van der Waals surface area contributed by atoms with Crippen molar-refractivity contribution in [3.63, 3.8) is 0 Å². The Morgan fingerprint density at radius 3 is 2.93 bits per heavy atom. The molecular formula is C19H23N3O5S2. The Kier molecular flexibility index (Phi) is 7.21. The van der Waals surface area contributed by atoms with Crippen molar-refractivity contribution in [2.45, 2.75) is 23.2 Å². The van der Waals surface area contributed by atoms with Gasteiger partial charge in [-0.05, 0) is 18.6 Å². The number of nitrogens with zero attached hydrogens (tertiary/aromatic N) is 2. The molecule has 1 aromatic carbocycles. The molecule has 1 fully saturated rings. The van der Waals surface area contributed by atoms with E-state index in [-0.39, 0.29) is 17.6 Å². The summed E-state index contributed by atoms with van der Waals surface area (Å²) in [6.07, 6.45) is 1.33. The van der Waals surface area contributed by atoms with Crippen LogP contribution >= 0.6 is 23.1 Å². The van der Waals surface area contributed by atoms with E-state index in [1.165, 1.54) is 28.5 Å². The molecular weight excluding hydrogens is 414 g/mol. The number of carbonyl (C=O) groups is 2. The molecule has 0 aliphatic carbocycles. The van der Waals surface area contributed by atoms with E-state index in [9.17, 15) is 9.59 Å². The molecule has 29 heavy (non-hydrogen) atoms. The minimum Gasteiger partial charge on any atom is -0.497 e. The maximum atomic E-state index is 12.3. The lowest BCUT2D eigenvalue weighted by Crippen LogP contribution is -2.39. The van der Waals surface area contributed by atoms with Gasteiger partial charge in [0.15, 0.2) is 10.0 Å². The summed E-state index contributed by atoms with van der Waals surface area (Å²) in [7, 11) is 3.23. The second kappa shape index (κ2) is 9.84. The first-order valence-electron chi connectivity index (χ1n) is 9.08. The lowest BCUT2D eigenvalue weighted by Gasteiger charge is -2.25. The number of rotatable bonds is 10. The fourth-order valence-corrected chi connectivity index (χ4v) is 4.95. The van der Waals surface area contributed by atoms with Crippen LogP contribution in [0.25, 0.3) is 0 Å². The number of methoxy groups -OCH3 is 2. The van der Waals surface area contributed by atoms with Crippen molar-refractivity contribution < 1.29 is 24.2 Å². The molecule has 0 saturated carbocycles. The zero-order chi connectivity index (χ0) is 20.8. The van der Waals surface area contributed by atoms with Crippen molar-refractivity contribution in [2.24, 2.45) is 0 Å². The summed E-state index contributed by atoms with van der Waals surface area (Å²) in [5.74, 6) is 1.22. The third kappa shape index (κ3) is 5.33. The second-order valence-electron chi connectivity index (χ2n) is 6.38. The van der Waals surface area contributed by atoms with Gasteiger partial charge >= 0.3 is 5.97 Å². The van der Waals surface area contributed by atoms with E-state index in [0.29, 0.717) is 29.6 Å². The normalized spacial score (nSPS) is 16.1. The fourth-order valence-electron chi connectivity index (χ4n) is 3.15. The summed E-state index contributed by atoms with van der Waals surface area (Å²) >= 11 is 2.77. The van der Waals surface area contributed by atoms with Gasteiger partial charge in [-0.25, -0.2) is 9.78 Å². The van der Waals surface area contributed by atoms with Gasteiger partial charge in [-0.15, -0.1) is 11.3 Å². The van der Waals surface area contributed by atoms with Crippen molar-refractivity contribution in [1.82, 2.24) is 9.88 Å². The molecule has 1 atom stereocenters. The number of carboxylic acids is 1. The molecule has 0 spiro atoms. The summed E-state index contributed by atoms with van der Waals surface area (Å²) in [4.78, 5) is 29.2. The van der Waals surface area contributed by atoms with Gasteiger partial charge in [-0.1, -0.05) is 11.8 Å². The zero-order valence-corrected chi connectivity index (χ0v) is 17.8. The molecule has 156 valence electrons. The number of carboxylic acid groups (broad SMARTS) is 1. The lowest BCUT2D eigenvalue weighted by molar-refractivity contribution is -0.128.